The minimum Gasteiger partial charge on any atom is -0.363 e. The number of hydrogen-bond acceptors (Lipinski definition) is 5. The molecule has 1 fully saturated rings. The van der Waals surface area contributed by atoms with E-state index in [9.17, 15) is 4.79 Å². The van der Waals surface area contributed by atoms with Crippen LogP contribution in [0.1, 0.15) is 36.2 Å². The standard InChI is InChI=1S/C19H21N5OS/c1-11-9-16-17(20-10-21-18(16)26-11)22-12(2)13-3-5-14(6-4-13)23-19(25)24-15-7-8-15/h3-6,9-10,12,15H,7-8H2,1-2H3,(H,20,21,22)(H2,23,24,25). The molecule has 1 aliphatic carbocycles. The van der Waals surface area contributed by atoms with Gasteiger partial charge in [-0.25, -0.2) is 14.8 Å². The molecule has 3 N–H and O–H groups in total. The topological polar surface area (TPSA) is 78.9 Å². The van der Waals surface area contributed by atoms with E-state index in [1.165, 1.54) is 4.88 Å². The van der Waals surface area contributed by atoms with E-state index >= 15 is 0 Å². The SMILES string of the molecule is Cc1cc2c(NC(C)c3ccc(NC(=O)NC4CC4)cc3)ncnc2s1. The van der Waals surface area contributed by atoms with Crippen LogP contribution in [0.5, 0.6) is 0 Å². The molecule has 2 aromatic heterocycles. The van der Waals surface area contributed by atoms with Gasteiger partial charge in [0.15, 0.2) is 0 Å². The van der Waals surface area contributed by atoms with E-state index in [1.807, 2.05) is 24.3 Å². The molecule has 1 atom stereocenters. The molecule has 2 heterocycles. The van der Waals surface area contributed by atoms with Gasteiger partial charge in [-0.1, -0.05) is 12.1 Å². The van der Waals surface area contributed by atoms with E-state index in [1.54, 1.807) is 17.7 Å². The molecule has 3 aromatic rings. The molecular weight excluding hydrogens is 346 g/mol. The van der Waals surface area contributed by atoms with Crippen LogP contribution in [0.25, 0.3) is 10.2 Å². The van der Waals surface area contributed by atoms with E-state index in [4.69, 9.17) is 0 Å². The highest BCUT2D eigenvalue weighted by molar-refractivity contribution is 7.18. The fraction of sp³-hybridized carbons (Fsp3) is 0.316. The third-order valence-electron chi connectivity index (χ3n) is 4.39. The number of nitrogens with one attached hydrogen (secondary N) is 3. The van der Waals surface area contributed by atoms with Crippen molar-refractivity contribution in [2.24, 2.45) is 0 Å². The minimum absolute atomic E-state index is 0.0858. The maximum Gasteiger partial charge on any atom is 0.319 e. The second kappa shape index (κ2) is 6.92. The van der Waals surface area contributed by atoms with Gasteiger partial charge in [0.2, 0.25) is 0 Å². The van der Waals surface area contributed by atoms with Crippen LogP contribution in [0.15, 0.2) is 36.7 Å². The number of fused-ring (bicyclic) bond motifs is 1. The molecule has 7 heteroatoms. The maximum absolute atomic E-state index is 11.8. The number of urea groups is 1. The third kappa shape index (κ3) is 3.77. The molecule has 1 unspecified atom stereocenters. The van der Waals surface area contributed by atoms with Crippen molar-refractivity contribution in [1.82, 2.24) is 15.3 Å². The fourth-order valence-corrected chi connectivity index (χ4v) is 3.66. The van der Waals surface area contributed by atoms with Crippen molar-refractivity contribution in [2.45, 2.75) is 38.8 Å². The van der Waals surface area contributed by atoms with Crippen LogP contribution in [-0.2, 0) is 0 Å². The van der Waals surface area contributed by atoms with E-state index in [2.05, 4.69) is 45.8 Å². The van der Waals surface area contributed by atoms with E-state index < -0.39 is 0 Å². The summed E-state index contributed by atoms with van der Waals surface area (Å²) in [5.41, 5.74) is 1.91. The average molecular weight is 367 g/mol. The number of anilines is 2. The molecule has 2 amide bonds. The van der Waals surface area contributed by atoms with Crippen LogP contribution in [0.4, 0.5) is 16.3 Å². The maximum atomic E-state index is 11.8. The Hall–Kier alpha value is -2.67. The summed E-state index contributed by atoms with van der Waals surface area (Å²) in [5, 5.41) is 10.3. The zero-order valence-electron chi connectivity index (χ0n) is 14.7. The molecule has 1 aromatic carbocycles. The zero-order valence-corrected chi connectivity index (χ0v) is 15.6. The van der Waals surface area contributed by atoms with Gasteiger partial charge in [-0.15, -0.1) is 11.3 Å². The molecule has 0 bridgehead atoms. The summed E-state index contributed by atoms with van der Waals surface area (Å²) in [6, 6.07) is 10.3. The van der Waals surface area contributed by atoms with Gasteiger partial charge in [-0.2, -0.15) is 0 Å². The molecule has 0 radical (unpaired) electrons. The number of aryl methyl sites for hydroxylation is 1. The van der Waals surface area contributed by atoms with Gasteiger partial charge < -0.3 is 16.0 Å². The molecule has 4 rings (SSSR count). The fourth-order valence-electron chi connectivity index (χ4n) is 2.81. The van der Waals surface area contributed by atoms with E-state index in [0.29, 0.717) is 6.04 Å². The zero-order chi connectivity index (χ0) is 18.1. The Morgan fingerprint density at radius 1 is 1.23 bits per heavy atom. The van der Waals surface area contributed by atoms with Gasteiger partial charge in [0, 0.05) is 22.6 Å². The highest BCUT2D eigenvalue weighted by Gasteiger charge is 2.23. The predicted molar refractivity (Wildman–Crippen MR) is 106 cm³/mol. The Labute approximate surface area is 156 Å². The number of rotatable bonds is 5. The Morgan fingerprint density at radius 2 is 2.00 bits per heavy atom. The van der Waals surface area contributed by atoms with Crippen LogP contribution < -0.4 is 16.0 Å². The van der Waals surface area contributed by atoms with Crippen molar-refractivity contribution in [3.8, 4) is 0 Å². The largest absolute Gasteiger partial charge is 0.363 e. The van der Waals surface area contributed by atoms with Crippen LogP contribution in [-0.4, -0.2) is 22.0 Å². The average Bonchev–Trinajstić information content (AvgIpc) is 3.33. The molecule has 0 aliphatic heterocycles. The second-order valence-electron chi connectivity index (χ2n) is 6.66. The number of aromatic nitrogens is 2. The third-order valence-corrected chi connectivity index (χ3v) is 5.35. The van der Waals surface area contributed by atoms with Crippen molar-refractivity contribution in [2.75, 3.05) is 10.6 Å². The first-order valence-corrected chi connectivity index (χ1v) is 9.55. The van der Waals surface area contributed by atoms with E-state index in [0.717, 1.165) is 40.1 Å². The van der Waals surface area contributed by atoms with Gasteiger partial charge in [-0.3, -0.25) is 0 Å². The summed E-state index contributed by atoms with van der Waals surface area (Å²) in [4.78, 5) is 22.7. The predicted octanol–water partition coefficient (Wildman–Crippen LogP) is 4.46. The second-order valence-corrected chi connectivity index (χ2v) is 7.89. The van der Waals surface area contributed by atoms with Crippen molar-refractivity contribution in [3.63, 3.8) is 0 Å². The summed E-state index contributed by atoms with van der Waals surface area (Å²) in [6.07, 6.45) is 3.75. The van der Waals surface area contributed by atoms with Crippen molar-refractivity contribution >= 4 is 39.1 Å². The summed E-state index contributed by atoms with van der Waals surface area (Å²) >= 11 is 1.67. The number of carbonyl (C=O) groups excluding carboxylic acids is 1. The first kappa shape index (κ1) is 16.8. The molecule has 134 valence electrons. The highest BCUT2D eigenvalue weighted by atomic mass is 32.1. The molecule has 1 aliphatic rings. The lowest BCUT2D eigenvalue weighted by Gasteiger charge is -2.16. The van der Waals surface area contributed by atoms with Crippen molar-refractivity contribution < 1.29 is 4.79 Å². The van der Waals surface area contributed by atoms with Crippen LogP contribution >= 0.6 is 11.3 Å². The number of benzene rings is 1. The number of amides is 2. The Balaban J connectivity index is 1.43. The summed E-state index contributed by atoms with van der Waals surface area (Å²) in [5.74, 6) is 0.845. The molecule has 0 spiro atoms. The van der Waals surface area contributed by atoms with Gasteiger partial charge >= 0.3 is 6.03 Å². The first-order chi connectivity index (χ1) is 12.6. The number of carbonyl (C=O) groups is 1. The van der Waals surface area contributed by atoms with Crippen LogP contribution in [0.3, 0.4) is 0 Å². The molecule has 1 saturated carbocycles. The lowest BCUT2D eigenvalue weighted by atomic mass is 10.1. The van der Waals surface area contributed by atoms with Gasteiger partial charge in [0.25, 0.3) is 0 Å². The van der Waals surface area contributed by atoms with Crippen molar-refractivity contribution in [3.05, 3.63) is 47.1 Å². The van der Waals surface area contributed by atoms with Crippen molar-refractivity contribution in [1.29, 1.82) is 0 Å². The smallest absolute Gasteiger partial charge is 0.319 e. The monoisotopic (exact) mass is 367 g/mol. The summed E-state index contributed by atoms with van der Waals surface area (Å²) < 4.78 is 0. The lowest BCUT2D eigenvalue weighted by Crippen LogP contribution is -2.30. The Kier molecular flexibility index (Phi) is 4.46. The molecule has 6 nitrogen and oxygen atoms in total. The van der Waals surface area contributed by atoms with Gasteiger partial charge in [-0.05, 0) is 50.5 Å². The Morgan fingerprint density at radius 3 is 2.73 bits per heavy atom. The molecule has 26 heavy (non-hydrogen) atoms. The number of hydrogen-bond donors (Lipinski definition) is 3. The Bertz CT molecular complexity index is 933. The molecular formula is C19H21N5OS. The van der Waals surface area contributed by atoms with Gasteiger partial charge in [0.1, 0.15) is 17.0 Å². The quantitative estimate of drug-likeness (QED) is 0.622. The minimum atomic E-state index is -0.136. The summed E-state index contributed by atoms with van der Waals surface area (Å²) in [6.45, 7) is 4.17. The molecule has 0 saturated heterocycles. The van der Waals surface area contributed by atoms with Gasteiger partial charge in [0.05, 0.1) is 5.39 Å². The van der Waals surface area contributed by atoms with Crippen LogP contribution in [0, 0.1) is 6.92 Å². The van der Waals surface area contributed by atoms with E-state index in [-0.39, 0.29) is 12.1 Å². The van der Waals surface area contributed by atoms with Crippen LogP contribution in [0.2, 0.25) is 0 Å². The number of thiophene rings is 1. The number of nitrogens with zero attached hydrogens (tertiary/aromatic N) is 2. The highest BCUT2D eigenvalue weighted by Crippen LogP contribution is 2.30. The lowest BCUT2D eigenvalue weighted by molar-refractivity contribution is 0.251. The summed E-state index contributed by atoms with van der Waals surface area (Å²) in [7, 11) is 0. The normalized spacial score (nSPS) is 14.8. The first-order valence-electron chi connectivity index (χ1n) is 8.73.